The molecule has 1 aromatic heterocycles. The predicted octanol–water partition coefficient (Wildman–Crippen LogP) is 4.39. The minimum atomic E-state index is -1.03. The standard InChI is InChI=1S/C24H26O7/c1-7-13(3)22(26)29-20-16-11-15-9-10-19(25)28-17(15)12-18(16)31-24(5,6)21(20)30-23(27)14(4)8-2/h7-12,20-21H,1-6H3/b13-7-,14-8-. The maximum absolute atomic E-state index is 12.6. The van der Waals surface area contributed by atoms with E-state index in [-0.39, 0.29) is 0 Å². The lowest BCUT2D eigenvalue weighted by molar-refractivity contribution is -0.185. The molecule has 2 atom stereocenters. The molecular weight excluding hydrogens is 400 g/mol. The second-order valence-corrected chi connectivity index (χ2v) is 7.98. The quantitative estimate of drug-likeness (QED) is 0.407. The number of allylic oxidation sites excluding steroid dienone is 2. The Morgan fingerprint density at radius 1 is 1.00 bits per heavy atom. The zero-order valence-electron chi connectivity index (χ0n) is 18.5. The van der Waals surface area contributed by atoms with Gasteiger partial charge in [-0.2, -0.15) is 0 Å². The lowest BCUT2D eigenvalue weighted by atomic mass is 9.87. The Hall–Kier alpha value is -3.35. The number of esters is 2. The summed E-state index contributed by atoms with van der Waals surface area (Å²) in [5.74, 6) is -0.666. The fraction of sp³-hybridized carbons (Fsp3) is 0.375. The average molecular weight is 426 g/mol. The zero-order chi connectivity index (χ0) is 22.9. The van der Waals surface area contributed by atoms with Gasteiger partial charge in [0, 0.05) is 34.2 Å². The molecule has 0 fully saturated rings. The number of ether oxygens (including phenoxy) is 3. The van der Waals surface area contributed by atoms with Gasteiger partial charge >= 0.3 is 17.6 Å². The van der Waals surface area contributed by atoms with Crippen molar-refractivity contribution in [1.82, 2.24) is 0 Å². The highest BCUT2D eigenvalue weighted by atomic mass is 16.6. The third-order valence-corrected chi connectivity index (χ3v) is 5.37. The van der Waals surface area contributed by atoms with Crippen molar-refractivity contribution in [1.29, 1.82) is 0 Å². The lowest BCUT2D eigenvalue weighted by Crippen LogP contribution is -2.52. The van der Waals surface area contributed by atoms with E-state index < -0.39 is 35.4 Å². The van der Waals surface area contributed by atoms with Crippen molar-refractivity contribution in [2.45, 2.75) is 59.4 Å². The molecule has 3 rings (SSSR count). The minimum absolute atomic E-state index is 0.344. The monoisotopic (exact) mass is 426 g/mol. The summed E-state index contributed by atoms with van der Waals surface area (Å²) in [7, 11) is 0. The van der Waals surface area contributed by atoms with Crippen LogP contribution >= 0.6 is 0 Å². The highest BCUT2D eigenvalue weighted by molar-refractivity contribution is 5.89. The predicted molar refractivity (Wildman–Crippen MR) is 115 cm³/mol. The first-order valence-electron chi connectivity index (χ1n) is 10.0. The number of hydrogen-bond donors (Lipinski definition) is 0. The Labute approximate surface area is 180 Å². The van der Waals surface area contributed by atoms with E-state index in [1.807, 2.05) is 0 Å². The molecule has 0 spiro atoms. The molecule has 0 amide bonds. The highest BCUT2D eigenvalue weighted by Gasteiger charge is 2.49. The van der Waals surface area contributed by atoms with Gasteiger partial charge in [-0.15, -0.1) is 0 Å². The molecule has 0 aliphatic carbocycles. The third kappa shape index (κ3) is 4.40. The molecule has 2 heterocycles. The molecule has 7 heteroatoms. The van der Waals surface area contributed by atoms with Crippen LogP contribution in [0.3, 0.4) is 0 Å². The van der Waals surface area contributed by atoms with E-state index in [9.17, 15) is 14.4 Å². The van der Waals surface area contributed by atoms with E-state index in [1.54, 1.807) is 71.9 Å². The smallest absolute Gasteiger partial charge is 0.336 e. The van der Waals surface area contributed by atoms with Crippen LogP contribution in [0.4, 0.5) is 0 Å². The van der Waals surface area contributed by atoms with Crippen molar-refractivity contribution in [2.24, 2.45) is 0 Å². The van der Waals surface area contributed by atoms with E-state index in [1.165, 1.54) is 6.07 Å². The molecular formula is C24H26O7. The maximum atomic E-state index is 12.6. The van der Waals surface area contributed by atoms with E-state index in [2.05, 4.69) is 0 Å². The summed E-state index contributed by atoms with van der Waals surface area (Å²) >= 11 is 0. The van der Waals surface area contributed by atoms with Crippen LogP contribution in [0.15, 0.2) is 56.8 Å². The third-order valence-electron chi connectivity index (χ3n) is 5.37. The topological polar surface area (TPSA) is 92.0 Å². The van der Waals surface area contributed by atoms with Crippen LogP contribution in [0.2, 0.25) is 0 Å². The second kappa shape index (κ2) is 8.41. The van der Waals surface area contributed by atoms with Gasteiger partial charge in [0.05, 0.1) is 0 Å². The molecule has 0 saturated heterocycles. The van der Waals surface area contributed by atoms with E-state index in [0.29, 0.717) is 33.4 Å². The molecule has 1 aliphatic heterocycles. The van der Waals surface area contributed by atoms with Gasteiger partial charge in [-0.1, -0.05) is 12.2 Å². The van der Waals surface area contributed by atoms with E-state index >= 15 is 0 Å². The molecule has 0 saturated carbocycles. The normalized spacial score (nSPS) is 20.6. The van der Waals surface area contributed by atoms with Gasteiger partial charge in [0.15, 0.2) is 12.2 Å². The van der Waals surface area contributed by atoms with Gasteiger partial charge < -0.3 is 18.6 Å². The molecule has 0 radical (unpaired) electrons. The second-order valence-electron chi connectivity index (χ2n) is 7.98. The maximum Gasteiger partial charge on any atom is 0.336 e. The van der Waals surface area contributed by atoms with Gasteiger partial charge in [-0.25, -0.2) is 14.4 Å². The van der Waals surface area contributed by atoms with Crippen molar-refractivity contribution in [3.05, 3.63) is 63.5 Å². The van der Waals surface area contributed by atoms with Crippen LogP contribution in [-0.4, -0.2) is 23.6 Å². The molecule has 2 aromatic rings. The van der Waals surface area contributed by atoms with Gasteiger partial charge in [-0.05, 0) is 53.7 Å². The number of hydrogen-bond acceptors (Lipinski definition) is 7. The number of carbonyl (C=O) groups excluding carboxylic acids is 2. The molecule has 1 aromatic carbocycles. The van der Waals surface area contributed by atoms with E-state index in [4.69, 9.17) is 18.6 Å². The largest absolute Gasteiger partial charge is 0.483 e. The Morgan fingerprint density at radius 2 is 1.61 bits per heavy atom. The van der Waals surface area contributed by atoms with Gasteiger partial charge in [-0.3, -0.25) is 0 Å². The molecule has 0 N–H and O–H groups in total. The fourth-order valence-corrected chi connectivity index (χ4v) is 3.28. The summed E-state index contributed by atoms with van der Waals surface area (Å²) in [4.78, 5) is 36.8. The molecule has 31 heavy (non-hydrogen) atoms. The minimum Gasteiger partial charge on any atom is -0.483 e. The van der Waals surface area contributed by atoms with Gasteiger partial charge in [0.1, 0.15) is 16.9 Å². The van der Waals surface area contributed by atoms with Crippen LogP contribution in [0.25, 0.3) is 11.0 Å². The van der Waals surface area contributed by atoms with Crippen LogP contribution in [0.1, 0.15) is 53.2 Å². The summed E-state index contributed by atoms with van der Waals surface area (Å²) in [6, 6.07) is 6.23. The van der Waals surface area contributed by atoms with Crippen molar-refractivity contribution in [2.75, 3.05) is 0 Å². The highest BCUT2D eigenvalue weighted by Crippen LogP contribution is 2.45. The number of fused-ring (bicyclic) bond motifs is 2. The summed E-state index contributed by atoms with van der Waals surface area (Å²) in [6.07, 6.45) is 1.46. The first kappa shape index (κ1) is 22.3. The van der Waals surface area contributed by atoms with Crippen molar-refractivity contribution in [3.8, 4) is 5.75 Å². The summed E-state index contributed by atoms with van der Waals surface area (Å²) in [5, 5.41) is 0.625. The zero-order valence-corrected chi connectivity index (χ0v) is 18.5. The average Bonchev–Trinajstić information content (AvgIpc) is 2.73. The molecule has 7 nitrogen and oxygen atoms in total. The van der Waals surface area contributed by atoms with Gasteiger partial charge in [0.2, 0.25) is 0 Å². The van der Waals surface area contributed by atoms with Crippen LogP contribution in [0, 0.1) is 0 Å². The molecule has 0 bridgehead atoms. The number of benzene rings is 1. The van der Waals surface area contributed by atoms with Crippen LogP contribution in [0.5, 0.6) is 5.75 Å². The van der Waals surface area contributed by atoms with Crippen molar-refractivity contribution < 1.29 is 28.2 Å². The lowest BCUT2D eigenvalue weighted by Gasteiger charge is -2.43. The number of rotatable bonds is 4. The van der Waals surface area contributed by atoms with Gasteiger partial charge in [0.25, 0.3) is 0 Å². The Bertz CT molecular complexity index is 1150. The summed E-state index contributed by atoms with van der Waals surface area (Å²) in [5.41, 5.74) is 0.200. The number of carbonyl (C=O) groups is 2. The first-order chi connectivity index (χ1) is 14.6. The van der Waals surface area contributed by atoms with Crippen molar-refractivity contribution >= 4 is 22.9 Å². The Balaban J connectivity index is 2.16. The molecule has 1 aliphatic rings. The summed E-state index contributed by atoms with van der Waals surface area (Å²) in [6.45, 7) is 10.3. The molecule has 164 valence electrons. The van der Waals surface area contributed by atoms with Crippen LogP contribution in [-0.2, 0) is 19.1 Å². The van der Waals surface area contributed by atoms with Crippen molar-refractivity contribution in [3.63, 3.8) is 0 Å². The van der Waals surface area contributed by atoms with Crippen LogP contribution < -0.4 is 10.4 Å². The van der Waals surface area contributed by atoms with E-state index in [0.717, 1.165) is 0 Å². The Morgan fingerprint density at radius 3 is 2.23 bits per heavy atom. The summed E-state index contributed by atoms with van der Waals surface area (Å²) < 4.78 is 23.0. The SMILES string of the molecule is C/C=C(/C)C(=O)OC1c2cc3ccc(=O)oc3cc2OC(C)(C)C1OC(=O)/C(C)=C\C. The Kier molecular flexibility index (Phi) is 6.06. The fourth-order valence-electron chi connectivity index (χ4n) is 3.28. The molecule has 2 unspecified atom stereocenters. The first-order valence-corrected chi connectivity index (χ1v) is 10.0.